The minimum atomic E-state index is -0.446. The fraction of sp³-hybridized carbons (Fsp3) is 0.909. The molecular formula is C22H43N5O4. The van der Waals surface area contributed by atoms with Crippen molar-refractivity contribution in [2.24, 2.45) is 4.99 Å². The number of ether oxygens (including phenoxy) is 3. The molecule has 2 heterocycles. The Hall–Kier alpha value is -1.58. The molecule has 0 saturated carbocycles. The molecule has 0 aromatic carbocycles. The average molecular weight is 442 g/mol. The largest absolute Gasteiger partial charge is 0.444 e. The summed E-state index contributed by atoms with van der Waals surface area (Å²) < 4.78 is 16.5. The smallest absolute Gasteiger partial charge is 0.410 e. The van der Waals surface area contributed by atoms with Gasteiger partial charge in [-0.05, 0) is 40.0 Å². The number of guanidine groups is 1. The topological polar surface area (TPSA) is 78.9 Å². The van der Waals surface area contributed by atoms with E-state index < -0.39 is 5.60 Å². The van der Waals surface area contributed by atoms with Crippen LogP contribution in [0.5, 0.6) is 0 Å². The summed E-state index contributed by atoms with van der Waals surface area (Å²) in [5.74, 6) is 0.963. The minimum absolute atomic E-state index is 0.211. The molecule has 0 aromatic rings. The van der Waals surface area contributed by atoms with Crippen molar-refractivity contribution < 1.29 is 19.0 Å². The zero-order valence-corrected chi connectivity index (χ0v) is 20.2. The van der Waals surface area contributed by atoms with Gasteiger partial charge in [0.2, 0.25) is 0 Å². The number of nitrogens with one attached hydrogen (secondary N) is 1. The van der Waals surface area contributed by atoms with Gasteiger partial charge in [0.25, 0.3) is 0 Å². The third-order valence-electron chi connectivity index (χ3n) is 5.53. The van der Waals surface area contributed by atoms with Crippen LogP contribution >= 0.6 is 0 Å². The van der Waals surface area contributed by atoms with Crippen molar-refractivity contribution in [2.45, 2.75) is 51.7 Å². The van der Waals surface area contributed by atoms with Crippen molar-refractivity contribution in [1.82, 2.24) is 20.0 Å². The first-order chi connectivity index (χ1) is 14.8. The first-order valence-electron chi connectivity index (χ1n) is 11.6. The van der Waals surface area contributed by atoms with E-state index >= 15 is 0 Å². The fourth-order valence-electron chi connectivity index (χ4n) is 3.83. The molecule has 0 aliphatic carbocycles. The summed E-state index contributed by atoms with van der Waals surface area (Å²) in [7, 11) is 3.57. The molecule has 2 aliphatic heterocycles. The molecule has 0 radical (unpaired) electrons. The number of rotatable bonds is 8. The molecular weight excluding hydrogens is 398 g/mol. The van der Waals surface area contributed by atoms with Gasteiger partial charge >= 0.3 is 6.09 Å². The molecule has 180 valence electrons. The van der Waals surface area contributed by atoms with Crippen molar-refractivity contribution in [3.63, 3.8) is 0 Å². The molecule has 2 fully saturated rings. The van der Waals surface area contributed by atoms with Crippen LogP contribution in [0.4, 0.5) is 4.79 Å². The minimum Gasteiger partial charge on any atom is -0.444 e. The summed E-state index contributed by atoms with van der Waals surface area (Å²) in [6, 6.07) is 0. The number of hydrogen-bond acceptors (Lipinski definition) is 6. The Morgan fingerprint density at radius 2 is 1.71 bits per heavy atom. The van der Waals surface area contributed by atoms with E-state index in [1.54, 1.807) is 12.0 Å². The van der Waals surface area contributed by atoms with Gasteiger partial charge in [-0.15, -0.1) is 0 Å². The zero-order chi connectivity index (χ0) is 22.7. The predicted octanol–water partition coefficient (Wildman–Crippen LogP) is 1.63. The highest BCUT2D eigenvalue weighted by atomic mass is 16.6. The van der Waals surface area contributed by atoms with E-state index in [1.807, 2.05) is 27.8 Å². The van der Waals surface area contributed by atoms with Gasteiger partial charge in [0.1, 0.15) is 5.60 Å². The van der Waals surface area contributed by atoms with Crippen LogP contribution in [0, 0.1) is 0 Å². The monoisotopic (exact) mass is 441 g/mol. The molecule has 0 spiro atoms. The summed E-state index contributed by atoms with van der Waals surface area (Å²) >= 11 is 0. The highest BCUT2D eigenvalue weighted by molar-refractivity contribution is 5.79. The second-order valence-electron chi connectivity index (χ2n) is 9.19. The van der Waals surface area contributed by atoms with E-state index in [-0.39, 0.29) is 6.09 Å². The summed E-state index contributed by atoms with van der Waals surface area (Å²) in [4.78, 5) is 23.1. The Morgan fingerprint density at radius 1 is 1.03 bits per heavy atom. The number of carbonyl (C=O) groups is 1. The SMILES string of the molecule is CN=C(NCCN1CCN(C(=O)OC(C)(C)C)CC1)N1CCC(OCCCOC)CC1. The van der Waals surface area contributed by atoms with Crippen molar-refractivity contribution >= 4 is 12.1 Å². The molecule has 9 heteroatoms. The molecule has 0 aromatic heterocycles. The summed E-state index contributed by atoms with van der Waals surface area (Å²) in [5.41, 5.74) is -0.446. The predicted molar refractivity (Wildman–Crippen MR) is 123 cm³/mol. The highest BCUT2D eigenvalue weighted by Gasteiger charge is 2.26. The van der Waals surface area contributed by atoms with Crippen LogP contribution in [0.15, 0.2) is 4.99 Å². The molecule has 2 saturated heterocycles. The van der Waals surface area contributed by atoms with Crippen LogP contribution in [0.3, 0.4) is 0 Å². The van der Waals surface area contributed by atoms with Gasteiger partial charge in [0, 0.05) is 79.7 Å². The lowest BCUT2D eigenvalue weighted by Gasteiger charge is -2.36. The lowest BCUT2D eigenvalue weighted by Crippen LogP contribution is -2.52. The molecule has 0 bridgehead atoms. The maximum Gasteiger partial charge on any atom is 0.410 e. The third kappa shape index (κ3) is 9.62. The van der Waals surface area contributed by atoms with E-state index in [0.717, 1.165) is 77.7 Å². The number of methoxy groups -OCH3 is 1. The first-order valence-corrected chi connectivity index (χ1v) is 11.6. The van der Waals surface area contributed by atoms with Crippen LogP contribution in [-0.4, -0.2) is 118 Å². The quantitative estimate of drug-likeness (QED) is 0.348. The van der Waals surface area contributed by atoms with Crippen LogP contribution in [0.25, 0.3) is 0 Å². The lowest BCUT2D eigenvalue weighted by atomic mass is 10.1. The Bertz CT molecular complexity index is 551. The molecule has 0 atom stereocenters. The first kappa shape index (κ1) is 25.7. The molecule has 2 rings (SSSR count). The van der Waals surface area contributed by atoms with Crippen molar-refractivity contribution in [3.8, 4) is 0 Å². The Balaban J connectivity index is 1.61. The Kier molecular flexibility index (Phi) is 10.8. The number of hydrogen-bond donors (Lipinski definition) is 1. The molecule has 0 unspecified atom stereocenters. The lowest BCUT2D eigenvalue weighted by molar-refractivity contribution is 0.00988. The molecule has 1 N–H and O–H groups in total. The molecule has 2 aliphatic rings. The van der Waals surface area contributed by atoms with Gasteiger partial charge in [-0.1, -0.05) is 0 Å². The second-order valence-corrected chi connectivity index (χ2v) is 9.19. The van der Waals surface area contributed by atoms with Gasteiger partial charge < -0.3 is 29.3 Å². The summed E-state index contributed by atoms with van der Waals surface area (Å²) in [5, 5.41) is 3.50. The van der Waals surface area contributed by atoms with Gasteiger partial charge in [-0.2, -0.15) is 0 Å². The van der Waals surface area contributed by atoms with E-state index in [1.165, 1.54) is 0 Å². The van der Waals surface area contributed by atoms with E-state index in [9.17, 15) is 4.79 Å². The van der Waals surface area contributed by atoms with Crippen LogP contribution in [-0.2, 0) is 14.2 Å². The second kappa shape index (κ2) is 13.1. The normalized spacial score (nSPS) is 19.6. The number of carbonyl (C=O) groups excluding carboxylic acids is 1. The van der Waals surface area contributed by atoms with E-state index in [0.29, 0.717) is 19.2 Å². The molecule has 9 nitrogen and oxygen atoms in total. The number of amides is 1. The Labute approximate surface area is 188 Å². The van der Waals surface area contributed by atoms with Gasteiger partial charge in [0.15, 0.2) is 5.96 Å². The molecule has 31 heavy (non-hydrogen) atoms. The number of nitrogens with zero attached hydrogens (tertiary/aromatic N) is 4. The Morgan fingerprint density at radius 3 is 2.29 bits per heavy atom. The van der Waals surface area contributed by atoms with Crippen molar-refractivity contribution in [2.75, 3.05) is 79.7 Å². The van der Waals surface area contributed by atoms with Gasteiger partial charge in [-0.3, -0.25) is 9.89 Å². The summed E-state index contributed by atoms with van der Waals surface area (Å²) in [6.45, 7) is 14.1. The highest BCUT2D eigenvalue weighted by Crippen LogP contribution is 2.14. The average Bonchev–Trinajstić information content (AvgIpc) is 2.74. The zero-order valence-electron chi connectivity index (χ0n) is 20.2. The number of aliphatic imine (C=N–C) groups is 1. The van der Waals surface area contributed by atoms with Crippen molar-refractivity contribution in [1.29, 1.82) is 0 Å². The third-order valence-corrected chi connectivity index (χ3v) is 5.53. The summed E-state index contributed by atoms with van der Waals surface area (Å²) in [6.07, 6.45) is 3.14. The van der Waals surface area contributed by atoms with Crippen LogP contribution in [0.2, 0.25) is 0 Å². The molecule has 1 amide bonds. The van der Waals surface area contributed by atoms with Crippen molar-refractivity contribution in [3.05, 3.63) is 0 Å². The standard InChI is InChI=1S/C22H43N5O4/c1-22(2,3)31-21(28)27-15-13-25(14-16-27)12-9-24-20(23-4)26-10-7-19(8-11-26)30-18-6-17-29-5/h19H,6-18H2,1-5H3,(H,23,24). The van der Waals surface area contributed by atoms with E-state index in [4.69, 9.17) is 14.2 Å². The number of piperidine rings is 1. The number of likely N-dealkylation sites (tertiary alicyclic amines) is 1. The number of piperazine rings is 1. The maximum absolute atomic E-state index is 12.2. The fourth-order valence-corrected chi connectivity index (χ4v) is 3.83. The van der Waals surface area contributed by atoms with E-state index in [2.05, 4.69) is 20.1 Å². The van der Waals surface area contributed by atoms with Crippen LogP contribution in [0.1, 0.15) is 40.0 Å². The van der Waals surface area contributed by atoms with Crippen LogP contribution < -0.4 is 5.32 Å². The van der Waals surface area contributed by atoms with Gasteiger partial charge in [-0.25, -0.2) is 4.79 Å². The maximum atomic E-state index is 12.2. The van der Waals surface area contributed by atoms with Gasteiger partial charge in [0.05, 0.1) is 6.10 Å².